The molecule has 1 aliphatic heterocycles. The number of fused-ring (bicyclic) bond motifs is 2. The lowest BCUT2D eigenvalue weighted by Crippen LogP contribution is -2.35. The Morgan fingerprint density at radius 3 is 2.44 bits per heavy atom. The van der Waals surface area contributed by atoms with Crippen LogP contribution in [-0.4, -0.2) is 49.3 Å². The monoisotopic (exact) mass is 393 g/mol. The van der Waals surface area contributed by atoms with E-state index in [9.17, 15) is 19.6 Å². The number of hydrogen-bond donors (Lipinski definition) is 5. The Balaban J connectivity index is 0.000000260. The van der Waals surface area contributed by atoms with Gasteiger partial charge in [-0.15, -0.1) is 0 Å². The van der Waals surface area contributed by atoms with Crippen LogP contribution < -0.4 is 0 Å². The van der Waals surface area contributed by atoms with Crippen LogP contribution in [0.1, 0.15) is 22.7 Å². The van der Waals surface area contributed by atoms with E-state index in [1.54, 1.807) is 6.07 Å². The quantitative estimate of drug-likeness (QED) is 0.368. The van der Waals surface area contributed by atoms with Crippen molar-refractivity contribution >= 4 is 13.3 Å². The second-order valence-electron chi connectivity index (χ2n) is 6.62. The van der Waals surface area contributed by atoms with Gasteiger partial charge in [-0.25, -0.2) is 9.36 Å². The summed E-state index contributed by atoms with van der Waals surface area (Å²) in [7, 11) is -2.66. The molecule has 1 atom stereocenters. The van der Waals surface area contributed by atoms with Crippen LogP contribution in [0.3, 0.4) is 0 Å². The van der Waals surface area contributed by atoms with Crippen molar-refractivity contribution in [2.75, 3.05) is 13.6 Å². The molecule has 0 aromatic heterocycles. The predicted molar refractivity (Wildman–Crippen MR) is 98.1 cm³/mol. The third-order valence-corrected chi connectivity index (χ3v) is 5.47. The van der Waals surface area contributed by atoms with Crippen molar-refractivity contribution in [3.63, 3.8) is 0 Å². The summed E-state index contributed by atoms with van der Waals surface area (Å²) < 4.78 is 9.43. The fourth-order valence-electron chi connectivity index (χ4n) is 3.67. The summed E-state index contributed by atoms with van der Waals surface area (Å²) in [6.07, 6.45) is 1.94. The van der Waals surface area contributed by atoms with Gasteiger partial charge in [0.05, 0.1) is 0 Å². The number of rotatable bonds is 1. The fraction of sp³-hybridized carbons (Fsp3) is 0.278. The molecule has 2 aromatic carbocycles. The Kier molecular flexibility index (Phi) is 5.01. The highest BCUT2D eigenvalue weighted by Crippen LogP contribution is 2.49. The van der Waals surface area contributed by atoms with Crippen LogP contribution in [0.2, 0.25) is 0 Å². The van der Waals surface area contributed by atoms with Gasteiger partial charge in [-0.05, 0) is 48.2 Å². The lowest BCUT2D eigenvalue weighted by atomic mass is 9.77. The number of aromatic hydroxyl groups is 2. The minimum absolute atomic E-state index is 0.0163. The molecule has 0 saturated heterocycles. The minimum Gasteiger partial charge on any atom is -0.504 e. The van der Waals surface area contributed by atoms with Gasteiger partial charge in [0.2, 0.25) is 0 Å². The summed E-state index contributed by atoms with van der Waals surface area (Å²) in [5.74, 6) is -0.0217. The molecule has 1 heterocycles. The first-order valence-corrected chi connectivity index (χ1v) is 9.87. The van der Waals surface area contributed by atoms with Crippen molar-refractivity contribution in [3.8, 4) is 22.6 Å². The fourth-order valence-corrected chi connectivity index (χ4v) is 3.67. The van der Waals surface area contributed by atoms with Crippen molar-refractivity contribution in [3.05, 3.63) is 47.0 Å². The second-order valence-corrected chi connectivity index (χ2v) is 8.09. The highest BCUT2D eigenvalue weighted by atomic mass is 31.2. The van der Waals surface area contributed by atoms with Crippen LogP contribution in [0.15, 0.2) is 30.3 Å². The molecule has 5 N–H and O–H groups in total. The molecule has 4 rings (SSSR count). The number of carboxylic acid groups (broad SMARTS) is 1. The third kappa shape index (κ3) is 3.57. The number of benzene rings is 2. The van der Waals surface area contributed by atoms with Crippen molar-refractivity contribution in [2.45, 2.75) is 18.9 Å². The van der Waals surface area contributed by atoms with Gasteiger partial charge in [0.1, 0.15) is 0 Å². The van der Waals surface area contributed by atoms with Gasteiger partial charge in [-0.2, -0.15) is 0 Å². The molecule has 0 amide bonds. The van der Waals surface area contributed by atoms with Gasteiger partial charge >= 0.3 is 13.3 Å². The summed E-state index contributed by atoms with van der Waals surface area (Å²) in [4.78, 5) is 26.9. The number of likely N-dealkylation sites (N-methyl/N-ethyl adjacent to an activating group) is 1. The van der Waals surface area contributed by atoms with Gasteiger partial charge in [0, 0.05) is 18.2 Å². The number of phenols is 2. The highest BCUT2D eigenvalue weighted by molar-refractivity contribution is 7.69. The van der Waals surface area contributed by atoms with Crippen LogP contribution in [0.4, 0.5) is 4.79 Å². The smallest absolute Gasteiger partial charge is 0.433 e. The van der Waals surface area contributed by atoms with E-state index in [1.807, 2.05) is 6.07 Å². The molecule has 8 nitrogen and oxygen atoms in total. The molecular formula is C18H20NO7P. The molecule has 0 bridgehead atoms. The molecule has 0 unspecified atom stereocenters. The van der Waals surface area contributed by atoms with E-state index in [1.165, 1.54) is 11.1 Å². The van der Waals surface area contributed by atoms with E-state index in [2.05, 4.69) is 30.1 Å². The molecule has 1 aliphatic carbocycles. The van der Waals surface area contributed by atoms with Gasteiger partial charge in [-0.3, -0.25) is 4.90 Å². The van der Waals surface area contributed by atoms with Crippen LogP contribution in [0.25, 0.3) is 11.1 Å². The average Bonchev–Trinajstić information content (AvgIpc) is 2.61. The SMILES string of the molecule is CN1CCc2cccc3c2[C@H]1Cc1ccc(O)c(O)c1-3.O=C(O)P(=O)(O)O. The maximum absolute atomic E-state index is 10.3. The standard InChI is InChI=1S/C17H17NO2.CH3O5P/c1-18-8-7-10-3-2-4-12-15(10)13(18)9-11-5-6-14(19)17(20)16(11)12;2-1(3)7(4,5)6/h2-6,13,19-20H,7-9H2,1H3;(H,2,3)(H2,4,5,6)/t13-;/m1./s1. The Labute approximate surface area is 155 Å². The summed E-state index contributed by atoms with van der Waals surface area (Å²) in [6, 6.07) is 10.2. The van der Waals surface area contributed by atoms with E-state index < -0.39 is 13.3 Å². The lowest BCUT2D eigenvalue weighted by Gasteiger charge is -2.39. The molecule has 0 spiro atoms. The molecule has 0 radical (unpaired) electrons. The van der Waals surface area contributed by atoms with Crippen LogP contribution >= 0.6 is 7.60 Å². The van der Waals surface area contributed by atoms with Gasteiger partial charge < -0.3 is 25.1 Å². The zero-order chi connectivity index (χ0) is 19.9. The van der Waals surface area contributed by atoms with E-state index in [0.29, 0.717) is 6.04 Å². The first-order chi connectivity index (χ1) is 12.6. The Morgan fingerprint density at radius 2 is 1.81 bits per heavy atom. The Bertz CT molecular complexity index is 953. The maximum Gasteiger partial charge on any atom is 0.433 e. The summed E-state index contributed by atoms with van der Waals surface area (Å²) >= 11 is 0. The zero-order valence-corrected chi connectivity index (χ0v) is 15.4. The van der Waals surface area contributed by atoms with E-state index in [0.717, 1.165) is 36.1 Å². The summed E-state index contributed by atoms with van der Waals surface area (Å²) in [5.41, 5.74) is 3.62. The molecule has 144 valence electrons. The van der Waals surface area contributed by atoms with Crippen LogP contribution in [0, 0.1) is 0 Å². The zero-order valence-electron chi connectivity index (χ0n) is 14.5. The highest BCUT2D eigenvalue weighted by Gasteiger charge is 2.34. The Hall–Kier alpha value is -2.38. The van der Waals surface area contributed by atoms with Crippen molar-refractivity contribution in [2.24, 2.45) is 0 Å². The molecule has 9 heteroatoms. The van der Waals surface area contributed by atoms with Gasteiger partial charge in [0.15, 0.2) is 11.5 Å². The van der Waals surface area contributed by atoms with Crippen LogP contribution in [-0.2, 0) is 17.4 Å². The minimum atomic E-state index is -4.82. The molecule has 2 aliphatic rings. The van der Waals surface area contributed by atoms with E-state index in [-0.39, 0.29) is 11.5 Å². The molecule has 2 aromatic rings. The van der Waals surface area contributed by atoms with Gasteiger partial charge in [0.25, 0.3) is 0 Å². The summed E-state index contributed by atoms with van der Waals surface area (Å²) in [5, 5.41) is 27.5. The molecular weight excluding hydrogens is 373 g/mol. The normalized spacial score (nSPS) is 18.0. The largest absolute Gasteiger partial charge is 0.504 e. The molecule has 0 fully saturated rings. The van der Waals surface area contributed by atoms with Crippen molar-refractivity contribution < 1.29 is 34.5 Å². The molecule has 0 saturated carbocycles. The predicted octanol–water partition coefficient (Wildman–Crippen LogP) is 2.69. The van der Waals surface area contributed by atoms with Crippen molar-refractivity contribution in [1.82, 2.24) is 4.90 Å². The van der Waals surface area contributed by atoms with E-state index in [4.69, 9.17) is 14.9 Å². The summed E-state index contributed by atoms with van der Waals surface area (Å²) in [6.45, 7) is 1.07. The Morgan fingerprint density at radius 1 is 1.15 bits per heavy atom. The molecule has 27 heavy (non-hydrogen) atoms. The van der Waals surface area contributed by atoms with Crippen molar-refractivity contribution in [1.29, 1.82) is 0 Å². The number of carbonyl (C=O) groups is 1. The number of phenolic OH excluding ortho intramolecular Hbond substituents is 2. The lowest BCUT2D eigenvalue weighted by molar-refractivity contribution is 0.208. The van der Waals surface area contributed by atoms with E-state index >= 15 is 0 Å². The topological polar surface area (TPSA) is 139 Å². The van der Waals surface area contributed by atoms with Gasteiger partial charge in [-0.1, -0.05) is 24.3 Å². The maximum atomic E-state index is 10.3. The first-order valence-electron chi connectivity index (χ1n) is 8.26. The first kappa shape index (κ1) is 19.4. The average molecular weight is 393 g/mol. The van der Waals surface area contributed by atoms with Crippen LogP contribution in [0.5, 0.6) is 11.5 Å². The number of hydrogen-bond acceptors (Lipinski definition) is 5. The number of nitrogens with zero attached hydrogens (tertiary/aromatic N) is 1. The third-order valence-electron chi connectivity index (χ3n) is 4.97. The second kappa shape index (κ2) is 6.98.